The molecule has 0 aliphatic heterocycles. The SMILES string of the molecule is CC(C)C(NC(=O)Cn1cc(CCN)nn1)c1cccs1. The maximum absolute atomic E-state index is 12.2. The summed E-state index contributed by atoms with van der Waals surface area (Å²) in [6.45, 7) is 4.89. The molecule has 0 saturated carbocycles. The van der Waals surface area contributed by atoms with E-state index in [9.17, 15) is 4.79 Å². The van der Waals surface area contributed by atoms with Crippen LogP contribution in [-0.2, 0) is 17.8 Å². The van der Waals surface area contributed by atoms with Gasteiger partial charge in [-0.25, -0.2) is 4.68 Å². The van der Waals surface area contributed by atoms with Crippen molar-refractivity contribution in [1.29, 1.82) is 0 Å². The predicted molar refractivity (Wildman–Crippen MR) is 82.8 cm³/mol. The Morgan fingerprint density at radius 3 is 2.95 bits per heavy atom. The maximum atomic E-state index is 12.2. The van der Waals surface area contributed by atoms with Crippen LogP contribution in [0.25, 0.3) is 0 Å². The zero-order valence-electron chi connectivity index (χ0n) is 12.3. The second-order valence-corrected chi connectivity index (χ2v) is 6.23. The molecule has 0 fully saturated rings. The number of nitrogens with one attached hydrogen (secondary N) is 1. The lowest BCUT2D eigenvalue weighted by Gasteiger charge is -2.21. The van der Waals surface area contributed by atoms with Gasteiger partial charge in [-0.2, -0.15) is 0 Å². The summed E-state index contributed by atoms with van der Waals surface area (Å²) < 4.78 is 1.55. The largest absolute Gasteiger partial charge is 0.347 e. The van der Waals surface area contributed by atoms with Gasteiger partial charge < -0.3 is 11.1 Å². The minimum atomic E-state index is -0.0636. The Bertz CT molecular complexity index is 564. The molecule has 0 radical (unpaired) electrons. The molecule has 2 heterocycles. The fourth-order valence-electron chi connectivity index (χ4n) is 2.08. The van der Waals surface area contributed by atoms with E-state index in [0.29, 0.717) is 18.9 Å². The molecule has 1 amide bonds. The standard InChI is InChI=1S/C14H21N5OS/c1-10(2)14(12-4-3-7-21-12)16-13(20)9-19-8-11(5-6-15)17-18-19/h3-4,7-8,10,14H,5-6,9,15H2,1-2H3,(H,16,20). The highest BCUT2D eigenvalue weighted by Gasteiger charge is 2.19. The second kappa shape index (κ2) is 7.33. The van der Waals surface area contributed by atoms with Crippen molar-refractivity contribution in [3.63, 3.8) is 0 Å². The van der Waals surface area contributed by atoms with E-state index >= 15 is 0 Å². The predicted octanol–water partition coefficient (Wildman–Crippen LogP) is 1.35. The van der Waals surface area contributed by atoms with Crippen molar-refractivity contribution in [3.8, 4) is 0 Å². The lowest BCUT2D eigenvalue weighted by atomic mass is 10.0. The number of amides is 1. The molecule has 21 heavy (non-hydrogen) atoms. The Kier molecular flexibility index (Phi) is 5.46. The number of nitrogens with two attached hydrogens (primary N) is 1. The fraction of sp³-hybridized carbons (Fsp3) is 0.500. The fourth-order valence-corrected chi connectivity index (χ4v) is 3.03. The van der Waals surface area contributed by atoms with Crippen LogP contribution in [0.3, 0.4) is 0 Å². The van der Waals surface area contributed by atoms with Crippen LogP contribution in [-0.4, -0.2) is 27.4 Å². The highest BCUT2D eigenvalue weighted by Crippen LogP contribution is 2.25. The number of hydrogen-bond acceptors (Lipinski definition) is 5. The molecule has 1 unspecified atom stereocenters. The van der Waals surface area contributed by atoms with Crippen molar-refractivity contribution in [2.75, 3.05) is 6.54 Å². The summed E-state index contributed by atoms with van der Waals surface area (Å²) in [7, 11) is 0. The van der Waals surface area contributed by atoms with Gasteiger partial charge in [0.05, 0.1) is 11.7 Å². The average Bonchev–Trinajstić information content (AvgIpc) is 3.08. The molecule has 6 nitrogen and oxygen atoms in total. The van der Waals surface area contributed by atoms with Crippen LogP contribution in [0.1, 0.15) is 30.5 Å². The first-order chi connectivity index (χ1) is 10.1. The molecule has 0 bridgehead atoms. The van der Waals surface area contributed by atoms with Gasteiger partial charge in [-0.1, -0.05) is 25.1 Å². The highest BCUT2D eigenvalue weighted by atomic mass is 32.1. The number of aromatic nitrogens is 3. The summed E-state index contributed by atoms with van der Waals surface area (Å²) >= 11 is 1.65. The Hall–Kier alpha value is -1.73. The third kappa shape index (κ3) is 4.37. The molecule has 0 aromatic carbocycles. The van der Waals surface area contributed by atoms with Crippen LogP contribution in [0, 0.1) is 5.92 Å². The van der Waals surface area contributed by atoms with Gasteiger partial charge in [-0.15, -0.1) is 16.4 Å². The Morgan fingerprint density at radius 2 is 2.33 bits per heavy atom. The van der Waals surface area contributed by atoms with Gasteiger partial charge in [-0.3, -0.25) is 4.79 Å². The molecule has 1 atom stereocenters. The molecule has 2 rings (SSSR count). The van der Waals surface area contributed by atoms with Gasteiger partial charge in [0.2, 0.25) is 5.91 Å². The maximum Gasteiger partial charge on any atom is 0.242 e. The summed E-state index contributed by atoms with van der Waals surface area (Å²) in [4.78, 5) is 13.3. The van der Waals surface area contributed by atoms with Crippen LogP contribution >= 0.6 is 11.3 Å². The van der Waals surface area contributed by atoms with E-state index in [1.807, 2.05) is 17.5 Å². The number of carbonyl (C=O) groups is 1. The Balaban J connectivity index is 1.96. The topological polar surface area (TPSA) is 85.8 Å². The molecule has 2 aromatic rings. The first-order valence-electron chi connectivity index (χ1n) is 7.02. The highest BCUT2D eigenvalue weighted by molar-refractivity contribution is 7.10. The van der Waals surface area contributed by atoms with E-state index < -0.39 is 0 Å². The van der Waals surface area contributed by atoms with Crippen molar-refractivity contribution in [2.45, 2.75) is 32.9 Å². The molecular formula is C14H21N5OS. The van der Waals surface area contributed by atoms with E-state index in [-0.39, 0.29) is 18.5 Å². The summed E-state index contributed by atoms with van der Waals surface area (Å²) in [6, 6.07) is 4.08. The smallest absolute Gasteiger partial charge is 0.242 e. The minimum absolute atomic E-state index is 0.0320. The monoisotopic (exact) mass is 307 g/mol. The van der Waals surface area contributed by atoms with Crippen LogP contribution < -0.4 is 11.1 Å². The van der Waals surface area contributed by atoms with Gasteiger partial charge in [0.1, 0.15) is 6.54 Å². The number of rotatable bonds is 7. The zero-order valence-corrected chi connectivity index (χ0v) is 13.1. The first-order valence-corrected chi connectivity index (χ1v) is 7.90. The molecule has 3 N–H and O–H groups in total. The van der Waals surface area contributed by atoms with Crippen molar-refractivity contribution in [3.05, 3.63) is 34.3 Å². The average molecular weight is 307 g/mol. The van der Waals surface area contributed by atoms with Crippen molar-refractivity contribution in [2.24, 2.45) is 11.7 Å². The Labute approximate surface area is 128 Å². The molecule has 0 spiro atoms. The summed E-state index contributed by atoms with van der Waals surface area (Å²) in [5.74, 6) is 0.266. The summed E-state index contributed by atoms with van der Waals surface area (Å²) in [5.41, 5.74) is 6.28. The quantitative estimate of drug-likeness (QED) is 0.808. The molecule has 7 heteroatoms. The number of thiophene rings is 1. The lowest BCUT2D eigenvalue weighted by molar-refractivity contribution is -0.122. The van der Waals surface area contributed by atoms with E-state index in [1.165, 1.54) is 4.88 Å². The molecule has 0 saturated heterocycles. The second-order valence-electron chi connectivity index (χ2n) is 5.25. The molecule has 2 aromatic heterocycles. The van der Waals surface area contributed by atoms with Crippen molar-refractivity contribution >= 4 is 17.2 Å². The Morgan fingerprint density at radius 1 is 1.52 bits per heavy atom. The minimum Gasteiger partial charge on any atom is -0.347 e. The molecule has 114 valence electrons. The van der Waals surface area contributed by atoms with Gasteiger partial charge in [0.25, 0.3) is 0 Å². The van der Waals surface area contributed by atoms with Crippen LogP contribution in [0.5, 0.6) is 0 Å². The third-order valence-electron chi connectivity index (χ3n) is 3.13. The zero-order chi connectivity index (χ0) is 15.2. The van der Waals surface area contributed by atoms with E-state index in [1.54, 1.807) is 22.2 Å². The van der Waals surface area contributed by atoms with Crippen molar-refractivity contribution in [1.82, 2.24) is 20.3 Å². The van der Waals surface area contributed by atoms with Gasteiger partial charge >= 0.3 is 0 Å². The molecule has 0 aliphatic rings. The van der Waals surface area contributed by atoms with Crippen LogP contribution in [0.4, 0.5) is 0 Å². The first kappa shape index (κ1) is 15.7. The van der Waals surface area contributed by atoms with E-state index in [4.69, 9.17) is 5.73 Å². The number of nitrogens with zero attached hydrogens (tertiary/aromatic N) is 3. The normalized spacial score (nSPS) is 12.6. The lowest BCUT2D eigenvalue weighted by Crippen LogP contribution is -2.33. The molecular weight excluding hydrogens is 286 g/mol. The van der Waals surface area contributed by atoms with Gasteiger partial charge in [0.15, 0.2) is 0 Å². The van der Waals surface area contributed by atoms with Crippen LogP contribution in [0.15, 0.2) is 23.7 Å². The van der Waals surface area contributed by atoms with Crippen molar-refractivity contribution < 1.29 is 4.79 Å². The molecule has 0 aliphatic carbocycles. The number of carbonyl (C=O) groups excluding carboxylic acids is 1. The van der Waals surface area contributed by atoms with Gasteiger partial charge in [0, 0.05) is 17.5 Å². The third-order valence-corrected chi connectivity index (χ3v) is 4.08. The summed E-state index contributed by atoms with van der Waals surface area (Å²) in [5, 5.41) is 13.0. The van der Waals surface area contributed by atoms with E-state index in [0.717, 1.165) is 5.69 Å². The van der Waals surface area contributed by atoms with E-state index in [2.05, 4.69) is 29.5 Å². The van der Waals surface area contributed by atoms with Gasteiger partial charge in [-0.05, 0) is 23.9 Å². The summed E-state index contributed by atoms with van der Waals surface area (Å²) in [6.07, 6.45) is 2.44. The van der Waals surface area contributed by atoms with Crippen LogP contribution in [0.2, 0.25) is 0 Å². The number of hydrogen-bond donors (Lipinski definition) is 2.